The van der Waals surface area contributed by atoms with Gasteiger partial charge in [-0.3, -0.25) is 19.3 Å². The van der Waals surface area contributed by atoms with Crippen molar-refractivity contribution in [3.05, 3.63) is 69.9 Å². The maximum atomic E-state index is 13.3. The summed E-state index contributed by atoms with van der Waals surface area (Å²) in [5.74, 6) is -0.707. The van der Waals surface area contributed by atoms with E-state index in [0.29, 0.717) is 36.7 Å². The first-order valence-electron chi connectivity index (χ1n) is 10.8. The van der Waals surface area contributed by atoms with Gasteiger partial charge in [-0.2, -0.15) is 0 Å². The molecule has 1 heterocycles. The Kier molecular flexibility index (Phi) is 8.95. The molecule has 2 aromatic carbocycles. The SMILES string of the molecule is C=CCc1cc(/C=C2/SC(=O)N(CC(=O)Nc3ccc(F)c(Cl)c3)C2=O)cc(OCC)c1OCC. The van der Waals surface area contributed by atoms with Gasteiger partial charge in [0.2, 0.25) is 5.91 Å². The van der Waals surface area contributed by atoms with Crippen molar-refractivity contribution >= 4 is 52.2 Å². The Balaban J connectivity index is 1.81. The molecule has 35 heavy (non-hydrogen) atoms. The molecule has 3 amide bonds. The molecule has 2 aromatic rings. The molecule has 1 N–H and O–H groups in total. The summed E-state index contributed by atoms with van der Waals surface area (Å²) in [6.07, 6.45) is 3.83. The van der Waals surface area contributed by atoms with Crippen molar-refractivity contribution in [2.24, 2.45) is 0 Å². The molecule has 3 rings (SSSR count). The molecule has 0 radical (unpaired) electrons. The predicted molar refractivity (Wildman–Crippen MR) is 135 cm³/mol. The van der Waals surface area contributed by atoms with Gasteiger partial charge in [0.05, 0.1) is 23.1 Å². The molecule has 1 aliphatic heterocycles. The molecule has 10 heteroatoms. The monoisotopic (exact) mass is 518 g/mol. The largest absolute Gasteiger partial charge is 0.490 e. The van der Waals surface area contributed by atoms with E-state index in [4.69, 9.17) is 21.1 Å². The van der Waals surface area contributed by atoms with Gasteiger partial charge in [0.25, 0.3) is 11.1 Å². The molecule has 7 nitrogen and oxygen atoms in total. The van der Waals surface area contributed by atoms with Crippen molar-refractivity contribution in [2.45, 2.75) is 20.3 Å². The van der Waals surface area contributed by atoms with Gasteiger partial charge in [0.1, 0.15) is 12.4 Å². The van der Waals surface area contributed by atoms with Gasteiger partial charge in [0.15, 0.2) is 11.5 Å². The number of benzene rings is 2. The number of allylic oxidation sites excluding steroid dienone is 1. The molecular weight excluding hydrogens is 495 g/mol. The molecule has 0 saturated carbocycles. The standard InChI is InChI=1S/C25H24ClFN2O5S/c1-4-7-16-10-15(11-20(33-5-2)23(16)34-6-3)12-21-24(31)29(25(32)35-21)14-22(30)28-17-8-9-19(27)18(26)13-17/h4,8-13H,1,5-7,14H2,2-3H3,(H,28,30)/b21-12+. The minimum Gasteiger partial charge on any atom is -0.490 e. The van der Waals surface area contributed by atoms with Gasteiger partial charge in [0, 0.05) is 11.3 Å². The zero-order chi connectivity index (χ0) is 25.5. The number of halogens is 2. The minimum absolute atomic E-state index is 0.158. The van der Waals surface area contributed by atoms with Crippen LogP contribution in [0.1, 0.15) is 25.0 Å². The number of hydrogen-bond donors (Lipinski definition) is 1. The topological polar surface area (TPSA) is 84.9 Å². The summed E-state index contributed by atoms with van der Waals surface area (Å²) in [7, 11) is 0. The summed E-state index contributed by atoms with van der Waals surface area (Å²) in [5.41, 5.74) is 1.72. The van der Waals surface area contributed by atoms with Crippen LogP contribution in [0.15, 0.2) is 47.9 Å². The Hall–Kier alpha value is -3.30. The van der Waals surface area contributed by atoms with Crippen molar-refractivity contribution < 1.29 is 28.2 Å². The van der Waals surface area contributed by atoms with Gasteiger partial charge >= 0.3 is 0 Å². The van der Waals surface area contributed by atoms with Crippen molar-refractivity contribution in [1.82, 2.24) is 4.90 Å². The highest BCUT2D eigenvalue weighted by molar-refractivity contribution is 8.18. The molecule has 0 aromatic heterocycles. The van der Waals surface area contributed by atoms with E-state index < -0.39 is 29.4 Å². The van der Waals surface area contributed by atoms with E-state index in [1.165, 1.54) is 12.1 Å². The summed E-state index contributed by atoms with van der Waals surface area (Å²) in [4.78, 5) is 38.8. The van der Waals surface area contributed by atoms with Crippen LogP contribution in [0.3, 0.4) is 0 Å². The number of carbonyl (C=O) groups is 3. The Bertz CT molecular complexity index is 1200. The van der Waals surface area contributed by atoms with E-state index in [2.05, 4.69) is 11.9 Å². The number of carbonyl (C=O) groups excluding carboxylic acids is 3. The third-order valence-electron chi connectivity index (χ3n) is 4.78. The number of anilines is 1. The number of nitrogens with zero attached hydrogens (tertiary/aromatic N) is 1. The fraction of sp³-hybridized carbons (Fsp3) is 0.240. The highest BCUT2D eigenvalue weighted by Gasteiger charge is 2.36. The van der Waals surface area contributed by atoms with Crippen LogP contribution in [0.25, 0.3) is 6.08 Å². The summed E-state index contributed by atoms with van der Waals surface area (Å²) in [6, 6.07) is 7.25. The van der Waals surface area contributed by atoms with Gasteiger partial charge < -0.3 is 14.8 Å². The molecule has 1 saturated heterocycles. The Morgan fingerprint density at radius 1 is 1.20 bits per heavy atom. The molecule has 0 unspecified atom stereocenters. The van der Waals surface area contributed by atoms with Crippen LogP contribution in [0.4, 0.5) is 14.9 Å². The van der Waals surface area contributed by atoms with E-state index in [0.717, 1.165) is 28.3 Å². The average molecular weight is 519 g/mol. The van der Waals surface area contributed by atoms with E-state index in [-0.39, 0.29) is 15.6 Å². The first kappa shape index (κ1) is 26.3. The maximum absolute atomic E-state index is 13.3. The number of rotatable bonds is 10. The fourth-order valence-electron chi connectivity index (χ4n) is 3.35. The summed E-state index contributed by atoms with van der Waals surface area (Å²) >= 11 is 6.46. The molecule has 184 valence electrons. The third kappa shape index (κ3) is 6.43. The van der Waals surface area contributed by atoms with Gasteiger partial charge in [-0.1, -0.05) is 17.7 Å². The van der Waals surface area contributed by atoms with Crippen LogP contribution < -0.4 is 14.8 Å². The number of imide groups is 1. The second-order valence-corrected chi connectivity index (χ2v) is 8.71. The molecular formula is C25H24ClFN2O5S. The second-order valence-electron chi connectivity index (χ2n) is 7.31. The van der Waals surface area contributed by atoms with Crippen molar-refractivity contribution in [3.8, 4) is 11.5 Å². The number of ether oxygens (including phenoxy) is 2. The summed E-state index contributed by atoms with van der Waals surface area (Å²) in [6.45, 7) is 7.88. The highest BCUT2D eigenvalue weighted by atomic mass is 35.5. The zero-order valence-electron chi connectivity index (χ0n) is 19.2. The van der Waals surface area contributed by atoms with Crippen LogP contribution in [-0.2, 0) is 16.0 Å². The average Bonchev–Trinajstić information content (AvgIpc) is 3.06. The van der Waals surface area contributed by atoms with Crippen LogP contribution in [-0.4, -0.2) is 41.7 Å². The molecule has 0 atom stereocenters. The lowest BCUT2D eigenvalue weighted by Crippen LogP contribution is -2.36. The minimum atomic E-state index is -0.626. The number of hydrogen-bond acceptors (Lipinski definition) is 6. The number of amides is 3. The van der Waals surface area contributed by atoms with Gasteiger partial charge in [-0.25, -0.2) is 4.39 Å². The lowest BCUT2D eigenvalue weighted by atomic mass is 10.0. The van der Waals surface area contributed by atoms with Crippen molar-refractivity contribution in [1.29, 1.82) is 0 Å². The van der Waals surface area contributed by atoms with E-state index in [9.17, 15) is 18.8 Å². The first-order valence-corrected chi connectivity index (χ1v) is 12.0. The van der Waals surface area contributed by atoms with E-state index in [1.54, 1.807) is 18.2 Å². The van der Waals surface area contributed by atoms with Crippen molar-refractivity contribution in [3.63, 3.8) is 0 Å². The lowest BCUT2D eigenvalue weighted by molar-refractivity contribution is -0.127. The van der Waals surface area contributed by atoms with Crippen LogP contribution in [0.2, 0.25) is 5.02 Å². The number of thioether (sulfide) groups is 1. The molecule has 0 spiro atoms. The lowest BCUT2D eigenvalue weighted by Gasteiger charge is -2.16. The third-order valence-corrected chi connectivity index (χ3v) is 5.98. The molecule has 0 aliphatic carbocycles. The predicted octanol–water partition coefficient (Wildman–Crippen LogP) is 5.68. The zero-order valence-corrected chi connectivity index (χ0v) is 20.8. The number of nitrogens with one attached hydrogen (secondary N) is 1. The van der Waals surface area contributed by atoms with Crippen LogP contribution in [0, 0.1) is 5.82 Å². The van der Waals surface area contributed by atoms with E-state index >= 15 is 0 Å². The molecule has 0 bridgehead atoms. The van der Waals surface area contributed by atoms with Gasteiger partial charge in [-0.15, -0.1) is 6.58 Å². The summed E-state index contributed by atoms with van der Waals surface area (Å²) in [5, 5.41) is 1.77. The van der Waals surface area contributed by atoms with Crippen LogP contribution in [0.5, 0.6) is 11.5 Å². The fourth-order valence-corrected chi connectivity index (χ4v) is 4.37. The quantitative estimate of drug-likeness (QED) is 0.322. The second kappa shape index (κ2) is 11.9. The smallest absolute Gasteiger partial charge is 0.294 e. The van der Waals surface area contributed by atoms with E-state index in [1.807, 2.05) is 19.9 Å². The first-order chi connectivity index (χ1) is 16.8. The molecule has 1 fully saturated rings. The molecule has 1 aliphatic rings. The normalized spacial score (nSPS) is 14.4. The maximum Gasteiger partial charge on any atom is 0.294 e. The summed E-state index contributed by atoms with van der Waals surface area (Å²) < 4.78 is 24.8. The van der Waals surface area contributed by atoms with Gasteiger partial charge in [-0.05, 0) is 74.0 Å². The Morgan fingerprint density at radius 3 is 2.60 bits per heavy atom. The Morgan fingerprint density at radius 2 is 1.94 bits per heavy atom. The van der Waals surface area contributed by atoms with Crippen molar-refractivity contribution in [2.75, 3.05) is 25.1 Å². The van der Waals surface area contributed by atoms with Crippen LogP contribution >= 0.6 is 23.4 Å². The highest BCUT2D eigenvalue weighted by Crippen LogP contribution is 2.37. The Labute approximate surface area is 211 Å².